The Bertz CT molecular complexity index is 480. The van der Waals surface area contributed by atoms with Crippen LogP contribution in [0.1, 0.15) is 33.3 Å². The van der Waals surface area contributed by atoms with Crippen molar-refractivity contribution in [2.45, 2.75) is 52.4 Å². The van der Waals surface area contributed by atoms with E-state index in [4.69, 9.17) is 4.74 Å². The second-order valence-electron chi connectivity index (χ2n) is 6.09. The lowest BCUT2D eigenvalue weighted by Gasteiger charge is -2.30. The Morgan fingerprint density at radius 2 is 1.90 bits per heavy atom. The van der Waals surface area contributed by atoms with Gasteiger partial charge in [-0.25, -0.2) is 8.78 Å². The van der Waals surface area contributed by atoms with Crippen LogP contribution in [0, 0.1) is 23.5 Å². The molecule has 1 aromatic carbocycles. The van der Waals surface area contributed by atoms with Crippen LogP contribution in [0.4, 0.5) is 8.78 Å². The molecule has 1 N–H and O–H groups in total. The van der Waals surface area contributed by atoms with E-state index in [1.807, 2.05) is 6.92 Å². The number of halogens is 2. The van der Waals surface area contributed by atoms with E-state index >= 15 is 0 Å². The van der Waals surface area contributed by atoms with Crippen LogP contribution in [0.25, 0.3) is 0 Å². The molecule has 1 aliphatic heterocycles. The molecule has 0 spiro atoms. The topological polar surface area (TPSA) is 21.3 Å². The van der Waals surface area contributed by atoms with Gasteiger partial charge < -0.3 is 10.1 Å². The molecule has 1 heterocycles. The van der Waals surface area contributed by atoms with E-state index in [9.17, 15) is 8.78 Å². The fourth-order valence-corrected chi connectivity index (χ4v) is 3.52. The maximum atomic E-state index is 13.9. The minimum Gasteiger partial charge on any atom is -0.375 e. The van der Waals surface area contributed by atoms with Crippen molar-refractivity contribution in [3.63, 3.8) is 0 Å². The molecular formula is C17H25F2NO. The Labute approximate surface area is 125 Å². The van der Waals surface area contributed by atoms with Crippen LogP contribution < -0.4 is 5.32 Å². The molecule has 5 unspecified atom stereocenters. The highest BCUT2D eigenvalue weighted by Gasteiger charge is 2.41. The van der Waals surface area contributed by atoms with Gasteiger partial charge in [0.05, 0.1) is 12.2 Å². The van der Waals surface area contributed by atoms with Crippen LogP contribution in [0.2, 0.25) is 0 Å². The smallest absolute Gasteiger partial charge is 0.129 e. The summed E-state index contributed by atoms with van der Waals surface area (Å²) in [5, 5.41) is 3.46. The Balaban J connectivity index is 2.19. The summed E-state index contributed by atoms with van der Waals surface area (Å²) in [7, 11) is 0. The van der Waals surface area contributed by atoms with E-state index < -0.39 is 11.6 Å². The van der Waals surface area contributed by atoms with Gasteiger partial charge in [-0.05, 0) is 44.4 Å². The SMILES string of the molecule is CCNC(Cc1ccc(F)cc1F)C1C(C)OC(C)C1C. The van der Waals surface area contributed by atoms with Gasteiger partial charge in [0.15, 0.2) is 0 Å². The quantitative estimate of drug-likeness (QED) is 0.897. The van der Waals surface area contributed by atoms with Crippen molar-refractivity contribution in [2.24, 2.45) is 11.8 Å². The van der Waals surface area contributed by atoms with E-state index in [0.717, 1.165) is 12.6 Å². The van der Waals surface area contributed by atoms with Crippen molar-refractivity contribution in [3.8, 4) is 0 Å². The Kier molecular flexibility index (Phi) is 5.33. The fourth-order valence-electron chi connectivity index (χ4n) is 3.52. The predicted molar refractivity (Wildman–Crippen MR) is 80.2 cm³/mol. The van der Waals surface area contributed by atoms with Crippen molar-refractivity contribution in [2.75, 3.05) is 6.54 Å². The average molecular weight is 297 g/mol. The number of ether oxygens (including phenoxy) is 1. The molecule has 2 nitrogen and oxygen atoms in total. The molecule has 2 rings (SSSR count). The molecule has 0 saturated carbocycles. The number of benzene rings is 1. The van der Waals surface area contributed by atoms with Crippen molar-refractivity contribution in [1.29, 1.82) is 0 Å². The number of hydrogen-bond donors (Lipinski definition) is 1. The maximum absolute atomic E-state index is 13.9. The zero-order valence-corrected chi connectivity index (χ0v) is 13.2. The summed E-state index contributed by atoms with van der Waals surface area (Å²) in [5.41, 5.74) is 0.557. The highest BCUT2D eigenvalue weighted by atomic mass is 19.1. The molecule has 21 heavy (non-hydrogen) atoms. The lowest BCUT2D eigenvalue weighted by atomic mass is 9.81. The van der Waals surface area contributed by atoms with E-state index in [1.165, 1.54) is 6.07 Å². The summed E-state index contributed by atoms with van der Waals surface area (Å²) in [6.07, 6.45) is 0.904. The van der Waals surface area contributed by atoms with Gasteiger partial charge in [-0.15, -0.1) is 0 Å². The molecule has 0 radical (unpaired) electrons. The highest BCUT2D eigenvalue weighted by Crippen LogP contribution is 2.35. The number of rotatable bonds is 5. The molecule has 0 aromatic heterocycles. The molecule has 1 aromatic rings. The van der Waals surface area contributed by atoms with Gasteiger partial charge in [-0.2, -0.15) is 0 Å². The van der Waals surface area contributed by atoms with Crippen molar-refractivity contribution in [3.05, 3.63) is 35.4 Å². The third kappa shape index (κ3) is 3.61. The monoisotopic (exact) mass is 297 g/mol. The van der Waals surface area contributed by atoms with Crippen molar-refractivity contribution < 1.29 is 13.5 Å². The molecule has 118 valence electrons. The van der Waals surface area contributed by atoms with E-state index in [-0.39, 0.29) is 18.2 Å². The fraction of sp³-hybridized carbons (Fsp3) is 0.647. The van der Waals surface area contributed by atoms with Crippen LogP contribution in [-0.4, -0.2) is 24.8 Å². The zero-order valence-electron chi connectivity index (χ0n) is 13.2. The first-order chi connectivity index (χ1) is 9.93. The van der Waals surface area contributed by atoms with Gasteiger partial charge in [0.1, 0.15) is 11.6 Å². The Morgan fingerprint density at radius 1 is 1.19 bits per heavy atom. The second kappa shape index (κ2) is 6.84. The number of likely N-dealkylation sites (N-methyl/N-ethyl adjacent to an activating group) is 1. The summed E-state index contributed by atoms with van der Waals surface area (Å²) in [6, 6.07) is 3.95. The van der Waals surface area contributed by atoms with Gasteiger partial charge >= 0.3 is 0 Å². The van der Waals surface area contributed by atoms with Gasteiger partial charge in [0.2, 0.25) is 0 Å². The minimum absolute atomic E-state index is 0.130. The molecule has 1 aliphatic rings. The van der Waals surface area contributed by atoms with E-state index in [0.29, 0.717) is 23.8 Å². The largest absolute Gasteiger partial charge is 0.375 e. The van der Waals surface area contributed by atoms with Crippen molar-refractivity contribution in [1.82, 2.24) is 5.32 Å². The third-order valence-electron chi connectivity index (χ3n) is 4.70. The molecule has 0 bridgehead atoms. The lowest BCUT2D eigenvalue weighted by Crippen LogP contribution is -2.43. The molecular weight excluding hydrogens is 272 g/mol. The van der Waals surface area contributed by atoms with Crippen LogP contribution in [0.15, 0.2) is 18.2 Å². The van der Waals surface area contributed by atoms with E-state index in [1.54, 1.807) is 6.07 Å². The van der Waals surface area contributed by atoms with Crippen LogP contribution in [-0.2, 0) is 11.2 Å². The first-order valence-electron chi connectivity index (χ1n) is 7.76. The molecule has 4 heteroatoms. The molecule has 1 saturated heterocycles. The molecule has 0 amide bonds. The van der Waals surface area contributed by atoms with Gasteiger partial charge in [-0.3, -0.25) is 0 Å². The van der Waals surface area contributed by atoms with Crippen LogP contribution in [0.3, 0.4) is 0 Å². The normalized spacial score (nSPS) is 30.6. The number of nitrogens with one attached hydrogen (secondary N) is 1. The summed E-state index contributed by atoms with van der Waals surface area (Å²) in [4.78, 5) is 0. The Hall–Kier alpha value is -1.00. The summed E-state index contributed by atoms with van der Waals surface area (Å²) in [5.74, 6) is -0.266. The summed E-state index contributed by atoms with van der Waals surface area (Å²) >= 11 is 0. The third-order valence-corrected chi connectivity index (χ3v) is 4.70. The predicted octanol–water partition coefficient (Wildman–Crippen LogP) is 3.54. The van der Waals surface area contributed by atoms with Gasteiger partial charge in [0, 0.05) is 18.0 Å². The minimum atomic E-state index is -0.532. The molecule has 5 atom stereocenters. The van der Waals surface area contributed by atoms with Gasteiger partial charge in [0.25, 0.3) is 0 Å². The number of hydrogen-bond acceptors (Lipinski definition) is 2. The maximum Gasteiger partial charge on any atom is 0.129 e. The lowest BCUT2D eigenvalue weighted by molar-refractivity contribution is 0.0476. The first kappa shape index (κ1) is 16.4. The van der Waals surface area contributed by atoms with Crippen LogP contribution >= 0.6 is 0 Å². The molecule has 0 aliphatic carbocycles. The van der Waals surface area contributed by atoms with Gasteiger partial charge in [-0.1, -0.05) is 19.9 Å². The highest BCUT2D eigenvalue weighted by molar-refractivity contribution is 5.20. The summed E-state index contributed by atoms with van der Waals surface area (Å²) in [6.45, 7) is 9.21. The zero-order chi connectivity index (χ0) is 15.6. The van der Waals surface area contributed by atoms with Crippen LogP contribution in [0.5, 0.6) is 0 Å². The van der Waals surface area contributed by atoms with E-state index in [2.05, 4.69) is 26.1 Å². The molecule has 1 fully saturated rings. The van der Waals surface area contributed by atoms with Crippen molar-refractivity contribution >= 4 is 0 Å². The summed E-state index contributed by atoms with van der Waals surface area (Å²) < 4.78 is 32.9. The first-order valence-corrected chi connectivity index (χ1v) is 7.76. The standard InChI is InChI=1S/C17H25F2NO/c1-5-20-16(17-10(2)11(3)21-12(17)4)8-13-6-7-14(18)9-15(13)19/h6-7,9-12,16-17,20H,5,8H2,1-4H3. The Morgan fingerprint density at radius 3 is 2.43 bits per heavy atom. The average Bonchev–Trinajstić information content (AvgIpc) is 2.66. The second-order valence-corrected chi connectivity index (χ2v) is 6.09.